The van der Waals surface area contributed by atoms with Crippen molar-refractivity contribution in [1.82, 2.24) is 9.88 Å². The number of aliphatic hydroxyl groups excluding tert-OH is 4. The normalized spacial score (nSPS) is 11.7. The largest absolute Gasteiger partial charge is 0.395 e. The molecule has 0 spiro atoms. The van der Waals surface area contributed by atoms with Crippen LogP contribution in [0.1, 0.15) is 0 Å². The zero-order valence-electron chi connectivity index (χ0n) is 14.7. The van der Waals surface area contributed by atoms with Gasteiger partial charge in [-0.05, 0) is 12.1 Å². The fraction of sp³-hybridized carbons (Fsp3) is 0.368. The van der Waals surface area contributed by atoms with Crippen LogP contribution >= 0.6 is 0 Å². The molecule has 3 aromatic rings. The van der Waals surface area contributed by atoms with E-state index in [2.05, 4.69) is 34.1 Å². The number of para-hydroxylation sites is 2. The summed E-state index contributed by atoms with van der Waals surface area (Å²) in [5.41, 5.74) is 2.28. The third kappa shape index (κ3) is 5.80. The Morgan fingerprint density at radius 1 is 0.808 bits per heavy atom. The molecular weight excluding hydrogens is 393 g/mol. The Morgan fingerprint density at radius 2 is 1.31 bits per heavy atom. The molecule has 0 bridgehead atoms. The topological polar surface area (TPSA) is 97.9 Å². The van der Waals surface area contributed by atoms with Gasteiger partial charge < -0.3 is 30.3 Å². The molecule has 3 rings (SSSR count). The Balaban J connectivity index is 0.000000616. The van der Waals surface area contributed by atoms with Crippen molar-refractivity contribution >= 4 is 39.4 Å². The summed E-state index contributed by atoms with van der Waals surface area (Å²) in [4.78, 5) is 0. The molecule has 7 heteroatoms. The van der Waals surface area contributed by atoms with Crippen LogP contribution in [0.2, 0.25) is 0 Å². The van der Waals surface area contributed by atoms with Crippen molar-refractivity contribution in [3.05, 3.63) is 48.5 Å². The minimum absolute atomic E-state index is 0. The van der Waals surface area contributed by atoms with Crippen LogP contribution in [0.4, 0.5) is 0 Å². The van der Waals surface area contributed by atoms with E-state index in [0.29, 0.717) is 19.6 Å². The number of benzene rings is 2. The Morgan fingerprint density at radius 3 is 1.77 bits per heavy atom. The summed E-state index contributed by atoms with van der Waals surface area (Å²) in [5, 5.41) is 39.7. The van der Waals surface area contributed by atoms with Gasteiger partial charge in [0, 0.05) is 52.5 Å². The second-order valence-electron chi connectivity index (χ2n) is 5.67. The van der Waals surface area contributed by atoms with Gasteiger partial charge in [0.05, 0.1) is 32.5 Å². The van der Waals surface area contributed by atoms with Crippen molar-refractivity contribution in [2.24, 2.45) is 0 Å². The molecule has 2 aromatic carbocycles. The SMILES string of the molecule is OCCNCC(O)Cn1c2ccccc2c2ccccc21.OCCO.[Ge]. The van der Waals surface area contributed by atoms with E-state index in [1.807, 2.05) is 24.3 Å². The summed E-state index contributed by atoms with van der Waals surface area (Å²) in [6, 6.07) is 16.5. The van der Waals surface area contributed by atoms with Crippen molar-refractivity contribution in [3.8, 4) is 0 Å². The third-order valence-electron chi connectivity index (χ3n) is 3.84. The Bertz CT molecular complexity index is 723. The molecule has 0 amide bonds. The van der Waals surface area contributed by atoms with Gasteiger partial charge >= 0.3 is 0 Å². The zero-order chi connectivity index (χ0) is 18.1. The van der Waals surface area contributed by atoms with Gasteiger partial charge in [0.1, 0.15) is 0 Å². The zero-order valence-corrected chi connectivity index (χ0v) is 16.8. The molecule has 4 radical (unpaired) electrons. The molecule has 140 valence electrons. The van der Waals surface area contributed by atoms with Crippen LogP contribution in [0, 0.1) is 0 Å². The quantitative estimate of drug-likeness (QED) is 0.281. The minimum atomic E-state index is -0.490. The van der Waals surface area contributed by atoms with Crippen molar-refractivity contribution in [2.75, 3.05) is 32.9 Å². The first-order valence-electron chi connectivity index (χ1n) is 8.40. The van der Waals surface area contributed by atoms with E-state index in [-0.39, 0.29) is 37.4 Å². The molecule has 0 saturated carbocycles. The van der Waals surface area contributed by atoms with Crippen molar-refractivity contribution in [2.45, 2.75) is 12.6 Å². The summed E-state index contributed by atoms with van der Waals surface area (Å²) < 4.78 is 2.16. The maximum Gasteiger partial charge on any atom is 0.0843 e. The van der Waals surface area contributed by atoms with Gasteiger partial charge in [0.2, 0.25) is 0 Å². The molecule has 1 heterocycles. The van der Waals surface area contributed by atoms with Crippen LogP contribution in [-0.4, -0.2) is 81.6 Å². The molecular formula is C19H26GeN2O4. The number of nitrogens with zero attached hydrogens (tertiary/aromatic N) is 1. The number of rotatable bonds is 7. The van der Waals surface area contributed by atoms with Gasteiger partial charge in [0.25, 0.3) is 0 Å². The number of hydrogen-bond acceptors (Lipinski definition) is 5. The predicted octanol–water partition coefficient (Wildman–Crippen LogP) is 0.327. The fourth-order valence-corrected chi connectivity index (χ4v) is 2.82. The van der Waals surface area contributed by atoms with E-state index in [0.717, 1.165) is 11.0 Å². The van der Waals surface area contributed by atoms with E-state index >= 15 is 0 Å². The second kappa shape index (κ2) is 12.1. The monoisotopic (exact) mass is 420 g/mol. The predicted molar refractivity (Wildman–Crippen MR) is 105 cm³/mol. The first-order valence-corrected chi connectivity index (χ1v) is 8.40. The van der Waals surface area contributed by atoms with Gasteiger partial charge in [-0.25, -0.2) is 0 Å². The first-order chi connectivity index (χ1) is 12.2. The Labute approximate surface area is 164 Å². The fourth-order valence-electron chi connectivity index (χ4n) is 2.82. The molecule has 26 heavy (non-hydrogen) atoms. The number of nitrogens with one attached hydrogen (secondary N) is 1. The average Bonchev–Trinajstić information content (AvgIpc) is 2.97. The van der Waals surface area contributed by atoms with Crippen LogP contribution in [-0.2, 0) is 6.54 Å². The van der Waals surface area contributed by atoms with Crippen molar-refractivity contribution in [1.29, 1.82) is 0 Å². The molecule has 1 aromatic heterocycles. The molecule has 1 unspecified atom stereocenters. The van der Waals surface area contributed by atoms with E-state index < -0.39 is 6.10 Å². The average molecular weight is 419 g/mol. The number of aromatic nitrogens is 1. The maximum atomic E-state index is 10.2. The number of hydrogen-bond donors (Lipinski definition) is 5. The van der Waals surface area contributed by atoms with E-state index in [1.54, 1.807) is 0 Å². The molecule has 6 nitrogen and oxygen atoms in total. The summed E-state index contributed by atoms with van der Waals surface area (Å²) in [7, 11) is 0. The summed E-state index contributed by atoms with van der Waals surface area (Å²) in [6.45, 7) is 1.35. The Hall–Kier alpha value is -1.42. The first kappa shape index (κ1) is 22.6. The van der Waals surface area contributed by atoms with Crippen molar-refractivity contribution < 1.29 is 20.4 Å². The van der Waals surface area contributed by atoms with E-state index in [1.165, 1.54) is 10.8 Å². The van der Waals surface area contributed by atoms with Crippen molar-refractivity contribution in [3.63, 3.8) is 0 Å². The van der Waals surface area contributed by atoms with Gasteiger partial charge in [-0.1, -0.05) is 36.4 Å². The van der Waals surface area contributed by atoms with Gasteiger partial charge in [0.15, 0.2) is 0 Å². The summed E-state index contributed by atoms with van der Waals surface area (Å²) >= 11 is 0. The second-order valence-corrected chi connectivity index (χ2v) is 5.67. The van der Waals surface area contributed by atoms with Crippen LogP contribution in [0.25, 0.3) is 21.8 Å². The van der Waals surface area contributed by atoms with E-state index in [9.17, 15) is 5.11 Å². The molecule has 0 aliphatic rings. The van der Waals surface area contributed by atoms with E-state index in [4.69, 9.17) is 15.3 Å². The van der Waals surface area contributed by atoms with Gasteiger partial charge in [-0.2, -0.15) is 0 Å². The maximum absolute atomic E-state index is 10.2. The smallest absolute Gasteiger partial charge is 0.0843 e. The molecule has 0 saturated heterocycles. The molecule has 0 fully saturated rings. The summed E-state index contributed by atoms with van der Waals surface area (Å²) in [5.74, 6) is 0. The van der Waals surface area contributed by atoms with Crippen LogP contribution < -0.4 is 5.32 Å². The number of fused-ring (bicyclic) bond motifs is 3. The standard InChI is InChI=1S/C17H20N2O2.C2H6O2.Ge/c20-10-9-18-11-13(21)12-19-16-7-3-1-5-14(16)15-6-2-4-8-17(15)19;3-1-2-4;/h1-8,13,18,20-21H,9-12H2;3-4H,1-2H2;. The van der Waals surface area contributed by atoms with Gasteiger partial charge in [-0.15, -0.1) is 0 Å². The van der Waals surface area contributed by atoms with Crippen LogP contribution in [0.5, 0.6) is 0 Å². The molecule has 0 aliphatic heterocycles. The molecule has 0 aliphatic carbocycles. The summed E-state index contributed by atoms with van der Waals surface area (Å²) in [6.07, 6.45) is -0.490. The van der Waals surface area contributed by atoms with Gasteiger partial charge in [-0.3, -0.25) is 0 Å². The minimum Gasteiger partial charge on any atom is -0.395 e. The van der Waals surface area contributed by atoms with Crippen LogP contribution in [0.3, 0.4) is 0 Å². The van der Waals surface area contributed by atoms with Crippen LogP contribution in [0.15, 0.2) is 48.5 Å². The Kier molecular flexibility index (Phi) is 10.5. The third-order valence-corrected chi connectivity index (χ3v) is 3.84. The number of aliphatic hydroxyl groups is 4. The molecule has 5 N–H and O–H groups in total. The molecule has 1 atom stereocenters.